The van der Waals surface area contributed by atoms with Crippen molar-refractivity contribution < 1.29 is 31.5 Å². The predicted octanol–water partition coefficient (Wildman–Crippen LogP) is 3.63. The zero-order valence-corrected chi connectivity index (χ0v) is 20.9. The first-order valence-electron chi connectivity index (χ1n) is 11.7. The van der Waals surface area contributed by atoms with E-state index in [1.54, 1.807) is 30.3 Å². The van der Waals surface area contributed by atoms with Crippen LogP contribution in [0.1, 0.15) is 27.0 Å². The average molecular weight is 527 g/mol. The van der Waals surface area contributed by atoms with Gasteiger partial charge in [-0.05, 0) is 47.5 Å². The summed E-state index contributed by atoms with van der Waals surface area (Å²) in [7, 11) is -1.47. The molecule has 0 amide bonds. The summed E-state index contributed by atoms with van der Waals surface area (Å²) in [5.41, 5.74) is 2.31. The maximum absolute atomic E-state index is 14.1. The van der Waals surface area contributed by atoms with Crippen LogP contribution in [-0.4, -0.2) is 68.9 Å². The van der Waals surface area contributed by atoms with Gasteiger partial charge in [0, 0.05) is 60.2 Å². The molecule has 1 aliphatic heterocycles. The molecule has 2 aliphatic rings. The molecule has 1 fully saturated rings. The van der Waals surface area contributed by atoms with Crippen LogP contribution in [0.25, 0.3) is 11.1 Å². The quantitative estimate of drug-likeness (QED) is 0.465. The highest BCUT2D eigenvalue weighted by atomic mass is 32.2. The van der Waals surface area contributed by atoms with Crippen molar-refractivity contribution in [1.82, 2.24) is 9.88 Å². The molecule has 0 radical (unpaired) electrons. The number of fused-ring (bicyclic) bond motifs is 1. The number of ketones is 1. The van der Waals surface area contributed by atoms with Crippen LogP contribution < -0.4 is 9.47 Å². The number of allylic oxidation sites excluding steroid dienone is 1. The molecule has 37 heavy (non-hydrogen) atoms. The minimum Gasteiger partial charge on any atom is -0.492 e. The molecule has 0 saturated carbocycles. The van der Waals surface area contributed by atoms with Gasteiger partial charge < -0.3 is 9.47 Å². The fourth-order valence-corrected chi connectivity index (χ4v) is 5.87. The van der Waals surface area contributed by atoms with Crippen molar-refractivity contribution in [2.75, 3.05) is 44.9 Å². The monoisotopic (exact) mass is 526 g/mol. The molecule has 1 aliphatic carbocycles. The van der Waals surface area contributed by atoms with E-state index >= 15 is 0 Å². The van der Waals surface area contributed by atoms with Crippen molar-refractivity contribution in [1.29, 1.82) is 0 Å². The normalized spacial score (nSPS) is 17.1. The van der Waals surface area contributed by atoms with Gasteiger partial charge in [-0.2, -0.15) is 0 Å². The van der Waals surface area contributed by atoms with Crippen LogP contribution in [0.3, 0.4) is 0 Å². The van der Waals surface area contributed by atoms with E-state index in [9.17, 15) is 22.0 Å². The van der Waals surface area contributed by atoms with E-state index in [1.807, 2.05) is 4.90 Å². The number of carbonyl (C=O) groups is 1. The molecule has 10 heteroatoms. The van der Waals surface area contributed by atoms with Gasteiger partial charge in [0.1, 0.15) is 24.0 Å². The van der Waals surface area contributed by atoms with Crippen molar-refractivity contribution in [3.05, 3.63) is 88.6 Å². The Morgan fingerprint density at radius 2 is 1.65 bits per heavy atom. The predicted molar refractivity (Wildman–Crippen MR) is 134 cm³/mol. The van der Waals surface area contributed by atoms with E-state index in [-0.39, 0.29) is 28.4 Å². The Kier molecular flexibility index (Phi) is 6.78. The second-order valence-electron chi connectivity index (χ2n) is 8.88. The number of aromatic nitrogens is 1. The molecule has 0 unspecified atom stereocenters. The lowest BCUT2D eigenvalue weighted by atomic mass is 9.95. The summed E-state index contributed by atoms with van der Waals surface area (Å²) >= 11 is 0. The number of Topliss-reactive ketones (excluding diaryl/α,β-unsaturated/α-hetero) is 1. The highest BCUT2D eigenvalue weighted by Crippen LogP contribution is 2.43. The summed E-state index contributed by atoms with van der Waals surface area (Å²) in [6.07, 6.45) is 1.49. The van der Waals surface area contributed by atoms with Crippen LogP contribution in [0, 0.1) is 11.6 Å². The third-order valence-corrected chi connectivity index (χ3v) is 8.09. The van der Waals surface area contributed by atoms with E-state index in [4.69, 9.17) is 9.47 Å². The molecule has 0 N–H and O–H groups in total. The largest absolute Gasteiger partial charge is 0.492 e. The third-order valence-electron chi connectivity index (χ3n) is 6.48. The minimum atomic E-state index is -2.95. The lowest BCUT2D eigenvalue weighted by molar-refractivity contribution is 0.105. The number of benzene rings is 2. The van der Waals surface area contributed by atoms with Crippen LogP contribution in [0.5, 0.6) is 11.6 Å². The average Bonchev–Trinajstić information content (AvgIpc) is 3.16. The highest BCUT2D eigenvalue weighted by Gasteiger charge is 2.32. The molecule has 2 aromatic carbocycles. The minimum absolute atomic E-state index is 0.137. The number of sulfone groups is 1. The first-order chi connectivity index (χ1) is 17.7. The fraction of sp³-hybridized carbons (Fsp3) is 0.259. The number of nitrogens with zero attached hydrogens (tertiary/aromatic N) is 2. The van der Waals surface area contributed by atoms with Crippen LogP contribution in [-0.2, 0) is 9.84 Å². The zero-order valence-electron chi connectivity index (χ0n) is 20.0. The van der Waals surface area contributed by atoms with Crippen molar-refractivity contribution >= 4 is 26.8 Å². The zero-order chi connectivity index (χ0) is 26.2. The summed E-state index contributed by atoms with van der Waals surface area (Å²) in [5, 5.41) is 0. The fourth-order valence-electron chi connectivity index (χ4n) is 4.59. The number of hydrogen-bond acceptors (Lipinski definition) is 7. The van der Waals surface area contributed by atoms with Crippen molar-refractivity contribution in [3.63, 3.8) is 0 Å². The Hall–Kier alpha value is -3.63. The van der Waals surface area contributed by atoms with Crippen LogP contribution in [0.15, 0.2) is 54.7 Å². The van der Waals surface area contributed by atoms with Gasteiger partial charge in [0.25, 0.3) is 0 Å². The number of hydrogen-bond donors (Lipinski definition) is 0. The Morgan fingerprint density at radius 1 is 0.919 bits per heavy atom. The van der Waals surface area contributed by atoms with Crippen LogP contribution >= 0.6 is 0 Å². The van der Waals surface area contributed by atoms with Gasteiger partial charge in [-0.15, -0.1) is 0 Å². The standard InChI is InChI=1S/C27H24F2N2O5S/c1-35-24-5-2-17(16-30-24)26-25(18-12-19(28)14-20(29)13-18)22-4-3-21(15-23(22)27(26)32)36-9-6-31-7-10-37(33,34)11-8-31/h2-5,12-16H,6-11H2,1H3. The summed E-state index contributed by atoms with van der Waals surface area (Å²) < 4.78 is 62.5. The van der Waals surface area contributed by atoms with E-state index in [0.29, 0.717) is 60.1 Å². The molecule has 3 aromatic rings. The van der Waals surface area contributed by atoms with Crippen molar-refractivity contribution in [2.45, 2.75) is 0 Å². The summed E-state index contributed by atoms with van der Waals surface area (Å²) in [6, 6.07) is 11.5. The lowest BCUT2D eigenvalue weighted by Gasteiger charge is -2.26. The van der Waals surface area contributed by atoms with Crippen molar-refractivity contribution in [2.24, 2.45) is 0 Å². The van der Waals surface area contributed by atoms with Crippen molar-refractivity contribution in [3.8, 4) is 11.6 Å². The van der Waals surface area contributed by atoms with E-state index in [0.717, 1.165) is 6.07 Å². The molecular formula is C27H24F2N2O5S. The van der Waals surface area contributed by atoms with E-state index < -0.39 is 21.5 Å². The number of carbonyl (C=O) groups excluding carboxylic acids is 1. The Bertz CT molecular complexity index is 1470. The van der Waals surface area contributed by atoms with Crippen LogP contribution in [0.2, 0.25) is 0 Å². The number of ether oxygens (including phenoxy) is 2. The lowest BCUT2D eigenvalue weighted by Crippen LogP contribution is -2.42. The highest BCUT2D eigenvalue weighted by molar-refractivity contribution is 7.91. The number of rotatable bonds is 7. The Labute approximate surface area is 213 Å². The van der Waals surface area contributed by atoms with Gasteiger partial charge >= 0.3 is 0 Å². The van der Waals surface area contributed by atoms with Gasteiger partial charge in [-0.1, -0.05) is 0 Å². The van der Waals surface area contributed by atoms with Gasteiger partial charge in [0.05, 0.1) is 18.6 Å². The molecule has 1 saturated heterocycles. The molecule has 0 atom stereocenters. The first-order valence-corrected chi connectivity index (χ1v) is 13.5. The smallest absolute Gasteiger partial charge is 0.212 e. The molecular weight excluding hydrogens is 502 g/mol. The summed E-state index contributed by atoms with van der Waals surface area (Å²) in [6.45, 7) is 1.79. The molecule has 0 spiro atoms. The maximum Gasteiger partial charge on any atom is 0.212 e. The second-order valence-corrected chi connectivity index (χ2v) is 11.2. The van der Waals surface area contributed by atoms with Gasteiger partial charge in [-0.25, -0.2) is 22.2 Å². The second kappa shape index (κ2) is 10.0. The first kappa shape index (κ1) is 25.0. The van der Waals surface area contributed by atoms with Gasteiger partial charge in [0.15, 0.2) is 15.6 Å². The SMILES string of the molecule is COc1ccc(C2=C(c3cc(F)cc(F)c3)c3ccc(OCCN4CCS(=O)(=O)CC4)cc3C2=O)cn1. The summed E-state index contributed by atoms with van der Waals surface area (Å²) in [4.78, 5) is 19.8. The van der Waals surface area contributed by atoms with Gasteiger partial charge in [0.2, 0.25) is 5.88 Å². The van der Waals surface area contributed by atoms with E-state index in [2.05, 4.69) is 4.98 Å². The Morgan fingerprint density at radius 3 is 2.30 bits per heavy atom. The van der Waals surface area contributed by atoms with Gasteiger partial charge in [-0.3, -0.25) is 9.69 Å². The maximum atomic E-state index is 14.1. The molecule has 5 rings (SSSR count). The Balaban J connectivity index is 1.44. The number of methoxy groups -OCH3 is 1. The summed E-state index contributed by atoms with van der Waals surface area (Å²) in [5.74, 6) is -0.699. The topological polar surface area (TPSA) is 85.8 Å². The molecule has 192 valence electrons. The third kappa shape index (κ3) is 5.26. The molecule has 2 heterocycles. The molecule has 1 aromatic heterocycles. The number of halogens is 2. The van der Waals surface area contributed by atoms with Crippen LogP contribution in [0.4, 0.5) is 8.78 Å². The molecule has 0 bridgehead atoms. The number of pyridine rings is 1. The molecule has 7 nitrogen and oxygen atoms in total. The van der Waals surface area contributed by atoms with E-state index in [1.165, 1.54) is 25.4 Å².